The Balaban J connectivity index is 1.20. The maximum absolute atomic E-state index is 14.0. The van der Waals surface area contributed by atoms with E-state index in [0.29, 0.717) is 18.0 Å². The smallest absolute Gasteiger partial charge is 0.227 e. The van der Waals surface area contributed by atoms with Crippen LogP contribution in [0.2, 0.25) is 0 Å². The fourth-order valence-corrected chi connectivity index (χ4v) is 6.42. The van der Waals surface area contributed by atoms with Gasteiger partial charge < -0.3 is 9.80 Å². The van der Waals surface area contributed by atoms with Crippen LogP contribution in [-0.4, -0.2) is 66.0 Å². The van der Waals surface area contributed by atoms with Gasteiger partial charge in [-0.1, -0.05) is 36.7 Å². The number of rotatable bonds is 3. The minimum Gasteiger partial charge on any atom is -0.347 e. The molecule has 1 aliphatic carbocycles. The third-order valence-corrected chi connectivity index (χ3v) is 8.20. The van der Waals surface area contributed by atoms with Crippen LogP contribution in [0.25, 0.3) is 10.2 Å². The maximum atomic E-state index is 14.0. The Morgan fingerprint density at radius 3 is 2.57 bits per heavy atom. The normalized spacial score (nSPS) is 24.5. The number of fused-ring (bicyclic) bond motifs is 1. The van der Waals surface area contributed by atoms with E-state index in [0.717, 1.165) is 61.4 Å². The zero-order chi connectivity index (χ0) is 20.5. The van der Waals surface area contributed by atoms with E-state index < -0.39 is 0 Å². The number of halogens is 1. The van der Waals surface area contributed by atoms with Crippen molar-refractivity contribution >= 4 is 32.6 Å². The number of piperazine rings is 1. The van der Waals surface area contributed by atoms with Gasteiger partial charge >= 0.3 is 0 Å². The predicted octanol–water partition coefficient (Wildman–Crippen LogP) is 4.13. The van der Waals surface area contributed by atoms with Gasteiger partial charge in [-0.2, -0.15) is 0 Å². The molecule has 1 aromatic heterocycles. The van der Waals surface area contributed by atoms with Crippen molar-refractivity contribution < 1.29 is 9.18 Å². The van der Waals surface area contributed by atoms with Gasteiger partial charge in [0, 0.05) is 45.3 Å². The summed E-state index contributed by atoms with van der Waals surface area (Å²) in [5.41, 5.74) is 0.449. The lowest BCUT2D eigenvalue weighted by Gasteiger charge is -2.42. The van der Waals surface area contributed by atoms with Gasteiger partial charge in [0.25, 0.3) is 0 Å². The molecule has 1 saturated carbocycles. The minimum absolute atomic E-state index is 0.0249. The fraction of sp³-hybridized carbons (Fsp3) is 0.652. The highest BCUT2D eigenvalue weighted by atomic mass is 32.1. The second-order valence-corrected chi connectivity index (χ2v) is 10.0. The van der Waals surface area contributed by atoms with Gasteiger partial charge in [0.15, 0.2) is 5.13 Å². The van der Waals surface area contributed by atoms with Gasteiger partial charge in [0.05, 0.1) is 10.6 Å². The third-order valence-electron chi connectivity index (χ3n) is 7.12. The van der Waals surface area contributed by atoms with Crippen LogP contribution in [0.5, 0.6) is 0 Å². The van der Waals surface area contributed by atoms with Gasteiger partial charge in [-0.15, -0.1) is 0 Å². The van der Waals surface area contributed by atoms with E-state index in [4.69, 9.17) is 0 Å². The molecule has 30 heavy (non-hydrogen) atoms. The van der Waals surface area contributed by atoms with Crippen molar-refractivity contribution in [1.29, 1.82) is 0 Å². The van der Waals surface area contributed by atoms with Crippen LogP contribution in [0.15, 0.2) is 18.2 Å². The molecule has 3 fully saturated rings. The average molecular weight is 431 g/mol. The number of hydrogen-bond donors (Lipinski definition) is 0. The number of nitrogens with zero attached hydrogens (tertiary/aromatic N) is 4. The van der Waals surface area contributed by atoms with Crippen molar-refractivity contribution in [3.05, 3.63) is 24.0 Å². The molecule has 1 atom stereocenters. The molecule has 0 spiro atoms. The predicted molar refractivity (Wildman–Crippen MR) is 120 cm³/mol. The summed E-state index contributed by atoms with van der Waals surface area (Å²) >= 11 is 1.53. The molecule has 0 N–H and O–H groups in total. The molecule has 3 heterocycles. The quantitative estimate of drug-likeness (QED) is 0.734. The van der Waals surface area contributed by atoms with Crippen molar-refractivity contribution in [2.75, 3.05) is 44.2 Å². The Morgan fingerprint density at radius 1 is 1.00 bits per heavy atom. The molecule has 5 rings (SSSR count). The van der Waals surface area contributed by atoms with E-state index >= 15 is 0 Å². The molecular weight excluding hydrogens is 399 g/mol. The van der Waals surface area contributed by atoms with Gasteiger partial charge in [0.2, 0.25) is 5.91 Å². The number of benzene rings is 1. The standard InChI is InChI=1S/C23H31FN4OS/c24-19-9-4-10-20-21(19)25-23(30-20)28-11-5-6-17(16-28)22(29)27-14-12-26(13-15-27)18-7-2-1-3-8-18/h4,9-10,17-18H,1-3,5-8,11-16H2. The van der Waals surface area contributed by atoms with Gasteiger partial charge in [-0.05, 0) is 37.8 Å². The SMILES string of the molecule is O=C(C1CCCN(c2nc3c(F)cccc3s2)C1)N1CCN(C2CCCCC2)CC1. The van der Waals surface area contributed by atoms with E-state index in [-0.39, 0.29) is 11.7 Å². The molecule has 3 aliphatic rings. The van der Waals surface area contributed by atoms with Crippen LogP contribution >= 0.6 is 11.3 Å². The van der Waals surface area contributed by atoms with Crippen LogP contribution in [0.4, 0.5) is 9.52 Å². The number of anilines is 1. The summed E-state index contributed by atoms with van der Waals surface area (Å²) in [6.07, 6.45) is 8.68. The fourth-order valence-electron chi connectivity index (χ4n) is 5.40. The summed E-state index contributed by atoms with van der Waals surface area (Å²) in [4.78, 5) is 24.7. The van der Waals surface area contributed by atoms with Crippen molar-refractivity contribution in [2.24, 2.45) is 5.92 Å². The molecule has 7 heteroatoms. The Kier molecular flexibility index (Phi) is 5.92. The molecular formula is C23H31FN4OS. The van der Waals surface area contributed by atoms with E-state index in [9.17, 15) is 9.18 Å². The largest absolute Gasteiger partial charge is 0.347 e. The number of aromatic nitrogens is 1. The lowest BCUT2D eigenvalue weighted by molar-refractivity contribution is -0.138. The van der Waals surface area contributed by atoms with E-state index in [1.54, 1.807) is 6.07 Å². The summed E-state index contributed by atoms with van der Waals surface area (Å²) in [6, 6.07) is 5.84. The Morgan fingerprint density at radius 2 is 1.80 bits per heavy atom. The number of thiazole rings is 1. The van der Waals surface area contributed by atoms with Crippen LogP contribution in [-0.2, 0) is 4.79 Å². The molecule has 1 aromatic carbocycles. The molecule has 1 amide bonds. The summed E-state index contributed by atoms with van der Waals surface area (Å²) < 4.78 is 14.9. The number of para-hydroxylation sites is 1. The van der Waals surface area contributed by atoms with Crippen LogP contribution in [0, 0.1) is 11.7 Å². The van der Waals surface area contributed by atoms with Gasteiger partial charge in [-0.25, -0.2) is 9.37 Å². The second-order valence-electron chi connectivity index (χ2n) is 9.02. The molecule has 0 bridgehead atoms. The number of piperidine rings is 1. The van der Waals surface area contributed by atoms with Crippen LogP contribution in [0.1, 0.15) is 44.9 Å². The summed E-state index contributed by atoms with van der Waals surface area (Å²) in [6.45, 7) is 5.34. The molecule has 5 nitrogen and oxygen atoms in total. The lowest BCUT2D eigenvalue weighted by atomic mass is 9.93. The maximum Gasteiger partial charge on any atom is 0.227 e. The molecule has 2 aliphatic heterocycles. The van der Waals surface area contributed by atoms with Crippen LogP contribution in [0.3, 0.4) is 0 Å². The molecule has 2 saturated heterocycles. The van der Waals surface area contributed by atoms with Crippen molar-refractivity contribution in [2.45, 2.75) is 51.0 Å². The van der Waals surface area contributed by atoms with Crippen molar-refractivity contribution in [1.82, 2.24) is 14.8 Å². The summed E-state index contributed by atoms with van der Waals surface area (Å²) in [5, 5.41) is 0.842. The average Bonchev–Trinajstić information content (AvgIpc) is 3.25. The van der Waals surface area contributed by atoms with Crippen molar-refractivity contribution in [3.8, 4) is 0 Å². The zero-order valence-corrected chi connectivity index (χ0v) is 18.4. The number of amides is 1. The highest BCUT2D eigenvalue weighted by molar-refractivity contribution is 7.22. The summed E-state index contributed by atoms with van der Waals surface area (Å²) in [5.74, 6) is 0.0580. The second kappa shape index (κ2) is 8.79. The minimum atomic E-state index is -0.268. The first-order chi connectivity index (χ1) is 14.7. The first-order valence-electron chi connectivity index (χ1n) is 11.5. The number of carbonyl (C=O) groups excluding carboxylic acids is 1. The Labute approximate surface area is 181 Å². The zero-order valence-electron chi connectivity index (χ0n) is 17.6. The third kappa shape index (κ3) is 4.06. The first kappa shape index (κ1) is 20.2. The highest BCUT2D eigenvalue weighted by Gasteiger charge is 2.33. The Bertz CT molecular complexity index is 888. The number of carbonyl (C=O) groups is 1. The molecule has 162 valence electrons. The molecule has 0 radical (unpaired) electrons. The lowest BCUT2D eigenvalue weighted by Crippen LogP contribution is -2.54. The van der Waals surface area contributed by atoms with Gasteiger partial charge in [0.1, 0.15) is 11.3 Å². The van der Waals surface area contributed by atoms with Crippen LogP contribution < -0.4 is 4.90 Å². The molecule has 2 aromatic rings. The first-order valence-corrected chi connectivity index (χ1v) is 12.3. The van der Waals surface area contributed by atoms with Crippen molar-refractivity contribution in [3.63, 3.8) is 0 Å². The van der Waals surface area contributed by atoms with Gasteiger partial charge in [-0.3, -0.25) is 9.69 Å². The Hall–Kier alpha value is -1.73. The molecule has 1 unspecified atom stereocenters. The van der Waals surface area contributed by atoms with E-state index in [2.05, 4.69) is 19.7 Å². The number of hydrogen-bond acceptors (Lipinski definition) is 5. The highest BCUT2D eigenvalue weighted by Crippen LogP contribution is 2.33. The van der Waals surface area contributed by atoms with E-state index in [1.165, 1.54) is 49.5 Å². The summed E-state index contributed by atoms with van der Waals surface area (Å²) in [7, 11) is 0. The topological polar surface area (TPSA) is 39.7 Å². The monoisotopic (exact) mass is 430 g/mol. The van der Waals surface area contributed by atoms with E-state index in [1.807, 2.05) is 6.07 Å².